The van der Waals surface area contributed by atoms with Gasteiger partial charge in [-0.2, -0.15) is 0 Å². The van der Waals surface area contributed by atoms with Gasteiger partial charge >= 0.3 is 0 Å². The Morgan fingerprint density at radius 3 is 0.971 bits per heavy atom. The van der Waals surface area contributed by atoms with E-state index in [1.165, 1.54) is 112 Å². The number of para-hydroxylation sites is 2. The molecule has 68 heavy (non-hydrogen) atoms. The van der Waals surface area contributed by atoms with Crippen LogP contribution in [0.1, 0.15) is 99.9 Å². The van der Waals surface area contributed by atoms with Crippen LogP contribution in [0.4, 0.5) is 34.1 Å². The second kappa shape index (κ2) is 14.1. The molecule has 0 bridgehead atoms. The standard InChI is InChI=1S/C66H56N2/c1-63(2)51-27-17-15-25-45(51)47-35-33-43(37-55(47)63)67(41-21-11-9-12-22-41)59-31-19-29-53-61(59)49-39-58-50(40-57(49)65(53,5)6)62-54(66(58,7)8)30-20-32-60(62)68(42-23-13-10-14-24-42)44-34-36-48-46-26-16-18-28-52(46)64(3,4)56(48)38-44/h9-40H,1-8H3. The fraction of sp³-hybridized carbons (Fsp3) is 0.182. The van der Waals surface area contributed by atoms with Gasteiger partial charge in [-0.05, 0) is 151 Å². The van der Waals surface area contributed by atoms with Crippen molar-refractivity contribution in [2.24, 2.45) is 0 Å². The van der Waals surface area contributed by atoms with Gasteiger partial charge in [0.1, 0.15) is 0 Å². The molecule has 0 saturated carbocycles. The van der Waals surface area contributed by atoms with Crippen molar-refractivity contribution in [2.45, 2.75) is 77.0 Å². The molecule has 0 atom stereocenters. The van der Waals surface area contributed by atoms with Crippen molar-refractivity contribution in [3.05, 3.63) is 239 Å². The minimum Gasteiger partial charge on any atom is -0.310 e. The van der Waals surface area contributed by atoms with Gasteiger partial charge in [0.25, 0.3) is 0 Å². The number of hydrogen-bond acceptors (Lipinski definition) is 2. The second-order valence-electron chi connectivity index (χ2n) is 21.7. The summed E-state index contributed by atoms with van der Waals surface area (Å²) in [4.78, 5) is 5.03. The maximum absolute atomic E-state index is 2.58. The first-order valence-electron chi connectivity index (χ1n) is 24.4. The summed E-state index contributed by atoms with van der Waals surface area (Å²) < 4.78 is 0. The first kappa shape index (κ1) is 40.8. The monoisotopic (exact) mass is 876 g/mol. The molecule has 0 fully saturated rings. The van der Waals surface area contributed by atoms with Crippen LogP contribution in [0.25, 0.3) is 44.5 Å². The van der Waals surface area contributed by atoms with Crippen LogP contribution in [-0.2, 0) is 21.7 Å². The van der Waals surface area contributed by atoms with Gasteiger partial charge in [-0.25, -0.2) is 0 Å². The zero-order valence-electron chi connectivity index (χ0n) is 40.4. The quantitative estimate of drug-likeness (QED) is 0.164. The molecule has 2 nitrogen and oxygen atoms in total. The third kappa shape index (κ3) is 5.46. The summed E-state index contributed by atoms with van der Waals surface area (Å²) in [6, 6.07) is 73.4. The Morgan fingerprint density at radius 2 is 0.559 bits per heavy atom. The molecule has 0 saturated heterocycles. The summed E-state index contributed by atoms with van der Waals surface area (Å²) in [7, 11) is 0. The average Bonchev–Trinajstić information content (AvgIpc) is 3.92. The van der Waals surface area contributed by atoms with E-state index in [0.29, 0.717) is 0 Å². The Balaban J connectivity index is 0.997. The summed E-state index contributed by atoms with van der Waals surface area (Å²) >= 11 is 0. The van der Waals surface area contributed by atoms with E-state index in [9.17, 15) is 0 Å². The molecule has 0 amide bonds. The van der Waals surface area contributed by atoms with E-state index in [4.69, 9.17) is 0 Å². The van der Waals surface area contributed by atoms with Crippen molar-refractivity contribution in [3.8, 4) is 44.5 Å². The molecule has 0 aliphatic heterocycles. The largest absolute Gasteiger partial charge is 0.310 e. The molecule has 0 spiro atoms. The fourth-order valence-electron chi connectivity index (χ4n) is 13.1. The Bertz CT molecular complexity index is 3330. The number of hydrogen-bond donors (Lipinski definition) is 0. The van der Waals surface area contributed by atoms with Gasteiger partial charge < -0.3 is 9.80 Å². The van der Waals surface area contributed by atoms with Crippen LogP contribution in [0.15, 0.2) is 194 Å². The summed E-state index contributed by atoms with van der Waals surface area (Å²) in [5.41, 5.74) is 28.0. The van der Waals surface area contributed by atoms with E-state index in [1.807, 2.05) is 0 Å². The lowest BCUT2D eigenvalue weighted by molar-refractivity contribution is 0.652. The molecule has 9 aromatic rings. The first-order valence-corrected chi connectivity index (χ1v) is 24.4. The minimum atomic E-state index is -0.249. The Morgan fingerprint density at radius 1 is 0.235 bits per heavy atom. The molecule has 0 unspecified atom stereocenters. The molecule has 0 radical (unpaired) electrons. The van der Waals surface area contributed by atoms with Crippen molar-refractivity contribution >= 4 is 34.1 Å². The zero-order chi connectivity index (χ0) is 46.5. The van der Waals surface area contributed by atoms with Crippen molar-refractivity contribution in [1.29, 1.82) is 0 Å². The van der Waals surface area contributed by atoms with Crippen molar-refractivity contribution in [3.63, 3.8) is 0 Å². The lowest BCUT2D eigenvalue weighted by atomic mass is 9.79. The SMILES string of the molecule is CC1(C)c2ccccc2-c2ccc(N(c3ccccc3)c3cccc4c3-c3cc5c(cc3C4(C)C)-c3c(N(c4ccccc4)c4ccc6c(c4)C(C)(C)c4ccccc4-6)cccc3C5(C)C)cc21. The molecule has 4 aliphatic carbocycles. The zero-order valence-corrected chi connectivity index (χ0v) is 40.4. The normalized spacial score (nSPS) is 16.1. The van der Waals surface area contributed by atoms with Gasteiger partial charge in [0.15, 0.2) is 0 Å². The number of nitrogens with zero attached hydrogens (tertiary/aromatic N) is 2. The topological polar surface area (TPSA) is 6.48 Å². The highest BCUT2D eigenvalue weighted by molar-refractivity contribution is 6.01. The third-order valence-electron chi connectivity index (χ3n) is 16.6. The molecule has 330 valence electrons. The molecule has 9 aromatic carbocycles. The Kier molecular flexibility index (Phi) is 8.44. The van der Waals surface area contributed by atoms with Crippen LogP contribution < -0.4 is 9.80 Å². The molecule has 0 N–H and O–H groups in total. The highest BCUT2D eigenvalue weighted by Crippen LogP contribution is 2.61. The smallest absolute Gasteiger partial charge is 0.0543 e. The number of benzene rings is 9. The molecule has 2 heteroatoms. The number of rotatable bonds is 6. The van der Waals surface area contributed by atoms with E-state index >= 15 is 0 Å². The molecule has 0 heterocycles. The van der Waals surface area contributed by atoms with Crippen molar-refractivity contribution < 1.29 is 0 Å². The maximum Gasteiger partial charge on any atom is 0.0543 e. The summed E-state index contributed by atoms with van der Waals surface area (Å²) in [6.07, 6.45) is 0. The van der Waals surface area contributed by atoms with Crippen LogP contribution in [0.2, 0.25) is 0 Å². The molecule has 4 aliphatic rings. The predicted molar refractivity (Wildman–Crippen MR) is 286 cm³/mol. The second-order valence-corrected chi connectivity index (χ2v) is 21.7. The molecular formula is C66H56N2. The minimum absolute atomic E-state index is 0.114. The lowest BCUT2D eigenvalue weighted by Crippen LogP contribution is -2.17. The number of fused-ring (bicyclic) bond motifs is 12. The van der Waals surface area contributed by atoms with Gasteiger partial charge in [0.2, 0.25) is 0 Å². The van der Waals surface area contributed by atoms with Gasteiger partial charge in [0.05, 0.1) is 11.4 Å². The van der Waals surface area contributed by atoms with Crippen molar-refractivity contribution in [2.75, 3.05) is 9.80 Å². The first-order chi connectivity index (χ1) is 32.8. The Hall–Kier alpha value is -7.42. The van der Waals surface area contributed by atoms with E-state index in [2.05, 4.69) is 259 Å². The fourth-order valence-corrected chi connectivity index (χ4v) is 13.1. The average molecular weight is 877 g/mol. The van der Waals surface area contributed by atoms with Gasteiger partial charge in [-0.15, -0.1) is 0 Å². The third-order valence-corrected chi connectivity index (χ3v) is 16.6. The van der Waals surface area contributed by atoms with E-state index in [0.717, 1.165) is 11.4 Å². The molecule has 0 aromatic heterocycles. The predicted octanol–water partition coefficient (Wildman–Crippen LogP) is 17.9. The number of anilines is 6. The lowest BCUT2D eigenvalue weighted by Gasteiger charge is -2.30. The van der Waals surface area contributed by atoms with Crippen LogP contribution in [0.3, 0.4) is 0 Å². The van der Waals surface area contributed by atoms with E-state index < -0.39 is 0 Å². The van der Waals surface area contributed by atoms with Crippen molar-refractivity contribution in [1.82, 2.24) is 0 Å². The molecule has 13 rings (SSSR count). The van der Waals surface area contributed by atoms with Gasteiger partial charge in [-0.1, -0.05) is 177 Å². The van der Waals surface area contributed by atoms with E-state index in [-0.39, 0.29) is 21.7 Å². The highest BCUT2D eigenvalue weighted by atomic mass is 15.2. The van der Waals surface area contributed by atoms with Crippen LogP contribution in [0.5, 0.6) is 0 Å². The van der Waals surface area contributed by atoms with Gasteiger partial charge in [0, 0.05) is 55.5 Å². The van der Waals surface area contributed by atoms with Gasteiger partial charge in [-0.3, -0.25) is 0 Å². The van der Waals surface area contributed by atoms with Crippen LogP contribution in [-0.4, -0.2) is 0 Å². The Labute approximate surface area is 402 Å². The summed E-state index contributed by atoms with van der Waals surface area (Å²) in [5, 5.41) is 0. The summed E-state index contributed by atoms with van der Waals surface area (Å²) in [5.74, 6) is 0. The summed E-state index contributed by atoms with van der Waals surface area (Å²) in [6.45, 7) is 19.3. The van der Waals surface area contributed by atoms with Crippen LogP contribution >= 0.6 is 0 Å². The highest BCUT2D eigenvalue weighted by Gasteiger charge is 2.45. The maximum atomic E-state index is 2.58. The molecular weight excluding hydrogens is 821 g/mol. The van der Waals surface area contributed by atoms with E-state index in [1.54, 1.807) is 0 Å². The van der Waals surface area contributed by atoms with Crippen LogP contribution in [0, 0.1) is 0 Å².